The molecule has 1 aliphatic carbocycles. The van der Waals surface area contributed by atoms with Gasteiger partial charge in [-0.1, -0.05) is 0 Å². The summed E-state index contributed by atoms with van der Waals surface area (Å²) in [6.45, 7) is -2.17. The second kappa shape index (κ2) is 10.2. The molecule has 2 N–H and O–H groups in total. The molecule has 11 heteroatoms. The van der Waals surface area contributed by atoms with Gasteiger partial charge in [0.05, 0.1) is 29.5 Å². The Balaban J connectivity index is 2.24. The average molecular weight is 438 g/mol. The summed E-state index contributed by atoms with van der Waals surface area (Å²) >= 11 is 0. The van der Waals surface area contributed by atoms with Crippen molar-refractivity contribution < 1.29 is 41.5 Å². The van der Waals surface area contributed by atoms with Gasteiger partial charge in [0.15, 0.2) is 0 Å². The lowest BCUT2D eigenvalue weighted by Gasteiger charge is -2.37. The van der Waals surface area contributed by atoms with Crippen molar-refractivity contribution in [2.75, 3.05) is 25.6 Å². The van der Waals surface area contributed by atoms with E-state index in [0.29, 0.717) is 5.23 Å². The van der Waals surface area contributed by atoms with Crippen LogP contribution in [0.3, 0.4) is 0 Å². The van der Waals surface area contributed by atoms with Gasteiger partial charge in [0.25, 0.3) is 6.43 Å². The summed E-state index contributed by atoms with van der Waals surface area (Å²) in [6.07, 6.45) is -5.95. The van der Waals surface area contributed by atoms with Crippen molar-refractivity contribution in [3.8, 4) is 5.75 Å². The number of carbonyl (C=O) groups is 1. The van der Waals surface area contributed by atoms with Crippen molar-refractivity contribution in [3.63, 3.8) is 0 Å². The summed E-state index contributed by atoms with van der Waals surface area (Å²) in [4.78, 5) is 17.5. The Labute approximate surface area is 170 Å². The first-order valence-corrected chi connectivity index (χ1v) is 9.20. The molecule has 0 bridgehead atoms. The molecule has 0 aliphatic heterocycles. The smallest absolute Gasteiger partial charge is 0.272 e. The third-order valence-electron chi connectivity index (χ3n) is 5.33. The number of anilines is 1. The molecule has 0 radical (unpaired) electrons. The van der Waals surface area contributed by atoms with Crippen LogP contribution in [0.25, 0.3) is 0 Å². The van der Waals surface area contributed by atoms with Gasteiger partial charge in [-0.15, -0.1) is 5.23 Å². The monoisotopic (exact) mass is 438 g/mol. The fraction of sp³-hybridized carbons (Fsp3) is 0.579. The number of Topliss-reactive ketones (excluding diaryl/α,β-unsaturated/α-hetero) is 1. The van der Waals surface area contributed by atoms with Crippen molar-refractivity contribution in [2.24, 2.45) is 11.3 Å². The molecule has 0 atom stereocenters. The van der Waals surface area contributed by atoms with E-state index in [2.05, 4.69) is 4.84 Å². The molecular formula is C19H23F5N2O4. The molecule has 0 amide bonds. The number of alkyl halides is 5. The molecule has 0 spiro atoms. The zero-order valence-electron chi connectivity index (χ0n) is 16.2. The summed E-state index contributed by atoms with van der Waals surface area (Å²) in [5.74, 6) is -1.77. The zero-order valence-corrected chi connectivity index (χ0v) is 16.2. The van der Waals surface area contributed by atoms with Gasteiger partial charge >= 0.3 is 0 Å². The molecular weight excluding hydrogens is 415 g/mol. The van der Waals surface area contributed by atoms with E-state index >= 15 is 0 Å². The molecule has 0 unspecified atom stereocenters. The van der Waals surface area contributed by atoms with Gasteiger partial charge in [-0.3, -0.25) is 19.2 Å². The van der Waals surface area contributed by atoms with E-state index in [0.717, 1.165) is 13.2 Å². The van der Waals surface area contributed by atoms with E-state index < -0.39 is 49.0 Å². The van der Waals surface area contributed by atoms with Crippen LogP contribution >= 0.6 is 0 Å². The molecule has 1 saturated carbocycles. The lowest BCUT2D eigenvalue weighted by molar-refractivity contribution is -0.0499. The molecule has 0 heterocycles. The standard InChI is InChI=1S/C19H23F5N2O4/c1-29-26(28)12-2-3-14(30-9-15(21)22)13(8-12)17(27)16(25)11-4-6-19(10-20,7-5-11)18(23)24/h2-3,8,11,15,18,25,28H,4-7,9-10H2,1H3. The zero-order chi connectivity index (χ0) is 22.5. The molecule has 0 aromatic heterocycles. The van der Waals surface area contributed by atoms with Crippen LogP contribution in [-0.2, 0) is 4.84 Å². The van der Waals surface area contributed by atoms with Crippen molar-refractivity contribution in [1.29, 1.82) is 5.41 Å². The minimum absolute atomic E-state index is 0.0177. The normalized spacial score (nSPS) is 21.7. The predicted molar refractivity (Wildman–Crippen MR) is 97.6 cm³/mol. The molecule has 1 aliphatic rings. The lowest BCUT2D eigenvalue weighted by atomic mass is 9.69. The minimum Gasteiger partial charge on any atom is -0.487 e. The molecule has 2 rings (SSSR count). The van der Waals surface area contributed by atoms with Crippen LogP contribution in [0.5, 0.6) is 5.75 Å². The maximum Gasteiger partial charge on any atom is 0.272 e. The first-order valence-electron chi connectivity index (χ1n) is 9.20. The number of hydrogen-bond acceptors (Lipinski definition) is 6. The fourth-order valence-corrected chi connectivity index (χ4v) is 3.42. The van der Waals surface area contributed by atoms with Crippen LogP contribution in [0.2, 0.25) is 0 Å². The highest BCUT2D eigenvalue weighted by molar-refractivity contribution is 6.46. The summed E-state index contributed by atoms with van der Waals surface area (Å²) in [7, 11) is 1.15. The van der Waals surface area contributed by atoms with Crippen LogP contribution in [0.1, 0.15) is 36.0 Å². The van der Waals surface area contributed by atoms with E-state index in [9.17, 15) is 32.0 Å². The number of nitrogens with zero attached hydrogens (tertiary/aromatic N) is 1. The van der Waals surface area contributed by atoms with E-state index in [1.54, 1.807) is 0 Å². The molecule has 168 valence electrons. The Kier molecular flexibility index (Phi) is 8.13. The average Bonchev–Trinajstić information content (AvgIpc) is 2.75. The quantitative estimate of drug-likeness (QED) is 0.240. The number of ketones is 1. The highest BCUT2D eigenvalue weighted by Crippen LogP contribution is 2.44. The Morgan fingerprint density at radius 2 is 1.93 bits per heavy atom. The molecule has 1 aromatic rings. The van der Waals surface area contributed by atoms with Gasteiger partial charge in [0, 0.05) is 5.92 Å². The summed E-state index contributed by atoms with van der Waals surface area (Å²) in [5, 5.41) is 18.2. The maximum atomic E-state index is 13.2. The van der Waals surface area contributed by atoms with Gasteiger partial charge in [-0.2, -0.15) is 0 Å². The maximum absolute atomic E-state index is 13.2. The number of halogens is 5. The molecule has 0 saturated heterocycles. The summed E-state index contributed by atoms with van der Waals surface area (Å²) < 4.78 is 69.6. The van der Waals surface area contributed by atoms with E-state index in [1.165, 1.54) is 12.1 Å². The Morgan fingerprint density at radius 3 is 2.43 bits per heavy atom. The molecule has 1 aromatic carbocycles. The van der Waals surface area contributed by atoms with Crippen LogP contribution < -0.4 is 9.96 Å². The van der Waals surface area contributed by atoms with Crippen LogP contribution in [-0.4, -0.2) is 49.9 Å². The number of benzene rings is 1. The second-order valence-electron chi connectivity index (χ2n) is 7.15. The number of nitrogens with one attached hydrogen (secondary N) is 1. The minimum atomic E-state index is -2.84. The van der Waals surface area contributed by atoms with Crippen molar-refractivity contribution >= 4 is 17.2 Å². The topological polar surface area (TPSA) is 82.9 Å². The number of hydrogen-bond donors (Lipinski definition) is 2. The first kappa shape index (κ1) is 24.0. The van der Waals surface area contributed by atoms with Gasteiger partial charge in [-0.05, 0) is 43.9 Å². The molecule has 30 heavy (non-hydrogen) atoms. The van der Waals surface area contributed by atoms with Gasteiger partial charge in [0.2, 0.25) is 12.2 Å². The Hall–Kier alpha value is -2.27. The lowest BCUT2D eigenvalue weighted by Crippen LogP contribution is -2.39. The van der Waals surface area contributed by atoms with Gasteiger partial charge in [0.1, 0.15) is 19.0 Å². The molecule has 6 nitrogen and oxygen atoms in total. The van der Waals surface area contributed by atoms with Crippen LogP contribution in [0, 0.1) is 16.7 Å². The van der Waals surface area contributed by atoms with Crippen molar-refractivity contribution in [3.05, 3.63) is 23.8 Å². The highest BCUT2D eigenvalue weighted by atomic mass is 19.3. The first-order chi connectivity index (χ1) is 14.1. The molecule has 1 fully saturated rings. The Morgan fingerprint density at radius 1 is 1.30 bits per heavy atom. The summed E-state index contributed by atoms with van der Waals surface area (Å²) in [5.41, 5.74) is -2.46. The third-order valence-corrected chi connectivity index (χ3v) is 5.33. The number of ether oxygens (including phenoxy) is 1. The number of carbonyl (C=O) groups excluding carboxylic acids is 1. The predicted octanol–water partition coefficient (Wildman–Crippen LogP) is 4.70. The van der Waals surface area contributed by atoms with Crippen LogP contribution in [0.4, 0.5) is 27.6 Å². The van der Waals surface area contributed by atoms with E-state index in [4.69, 9.17) is 10.1 Å². The number of rotatable bonds is 10. The SMILES string of the molecule is CON(O)c1ccc(OCC(F)F)c(C(=O)C(=N)C2CCC(CF)(C(F)F)CC2)c1. The van der Waals surface area contributed by atoms with E-state index in [-0.39, 0.29) is 42.7 Å². The summed E-state index contributed by atoms with van der Waals surface area (Å²) in [6, 6.07) is 3.53. The largest absolute Gasteiger partial charge is 0.487 e. The fourth-order valence-electron chi connectivity index (χ4n) is 3.42. The second-order valence-corrected chi connectivity index (χ2v) is 7.15. The Bertz CT molecular complexity index is 754. The van der Waals surface area contributed by atoms with Gasteiger partial charge < -0.3 is 10.1 Å². The van der Waals surface area contributed by atoms with Crippen LogP contribution in [0.15, 0.2) is 18.2 Å². The van der Waals surface area contributed by atoms with Gasteiger partial charge in [-0.25, -0.2) is 17.6 Å². The highest BCUT2D eigenvalue weighted by Gasteiger charge is 2.44. The third kappa shape index (κ3) is 5.25. The van der Waals surface area contributed by atoms with E-state index in [1.807, 2.05) is 0 Å². The van der Waals surface area contributed by atoms with Crippen molar-refractivity contribution in [1.82, 2.24) is 0 Å². The van der Waals surface area contributed by atoms with Crippen molar-refractivity contribution in [2.45, 2.75) is 38.5 Å².